The van der Waals surface area contributed by atoms with Gasteiger partial charge in [-0.2, -0.15) is 5.48 Å². The smallest absolute Gasteiger partial charge is 0.123 e. The molecule has 1 atom stereocenters. The molecule has 0 radical (unpaired) electrons. The number of hydrogen-bond acceptors (Lipinski definition) is 5. The minimum Gasteiger partial charge on any atom is -0.417 e. The van der Waals surface area contributed by atoms with Crippen molar-refractivity contribution in [3.63, 3.8) is 0 Å². The summed E-state index contributed by atoms with van der Waals surface area (Å²) in [5.41, 5.74) is 14.7. The van der Waals surface area contributed by atoms with Crippen LogP contribution >= 0.6 is 0 Å². The van der Waals surface area contributed by atoms with Crippen molar-refractivity contribution in [2.75, 3.05) is 6.54 Å². The number of rotatable bonds is 6. The fourth-order valence-electron chi connectivity index (χ4n) is 0.695. The van der Waals surface area contributed by atoms with Crippen LogP contribution in [0.4, 0.5) is 0 Å². The Balaban J connectivity index is 4.13. The zero-order valence-corrected chi connectivity index (χ0v) is 8.66. The number of nitrogens with one attached hydrogen (secondary N) is 1. The van der Waals surface area contributed by atoms with Crippen LogP contribution in [0.2, 0.25) is 0 Å². The second-order valence-corrected chi connectivity index (χ2v) is 2.70. The highest BCUT2D eigenvalue weighted by Gasteiger charge is 2.03. The molecule has 0 aromatic heterocycles. The summed E-state index contributed by atoms with van der Waals surface area (Å²) < 4.78 is 0. The standard InChI is InChI=1S/C9H18N4O/c1-4-13-14-6-5-8(10)7(2)9(11)12-3/h5-6,8,13H,3-4,10-11H2,1-2H3/b6-5+,9-7-. The van der Waals surface area contributed by atoms with E-state index in [-0.39, 0.29) is 6.04 Å². The number of aliphatic imine (C=N–C) groups is 1. The van der Waals surface area contributed by atoms with Gasteiger partial charge in [0.1, 0.15) is 12.1 Å². The number of nitrogens with two attached hydrogens (primary N) is 2. The third-order valence-electron chi connectivity index (χ3n) is 1.66. The summed E-state index contributed by atoms with van der Waals surface area (Å²) in [7, 11) is 0. The van der Waals surface area contributed by atoms with Crippen molar-refractivity contribution in [1.82, 2.24) is 5.48 Å². The van der Waals surface area contributed by atoms with E-state index in [0.29, 0.717) is 5.82 Å². The highest BCUT2D eigenvalue weighted by atomic mass is 16.6. The molecular weight excluding hydrogens is 180 g/mol. The number of hydroxylamine groups is 1. The van der Waals surface area contributed by atoms with Gasteiger partial charge in [-0.05, 0) is 32.2 Å². The topological polar surface area (TPSA) is 85.7 Å². The lowest BCUT2D eigenvalue weighted by Crippen LogP contribution is -2.21. The van der Waals surface area contributed by atoms with Crippen LogP contribution in [-0.2, 0) is 4.84 Å². The molecule has 1 unspecified atom stereocenters. The van der Waals surface area contributed by atoms with E-state index in [9.17, 15) is 0 Å². The van der Waals surface area contributed by atoms with Crippen molar-refractivity contribution in [3.05, 3.63) is 23.7 Å². The van der Waals surface area contributed by atoms with Crippen LogP contribution in [0.15, 0.2) is 28.7 Å². The Kier molecular flexibility index (Phi) is 6.43. The molecule has 5 heteroatoms. The molecule has 0 saturated heterocycles. The molecule has 0 bridgehead atoms. The summed E-state index contributed by atoms with van der Waals surface area (Å²) in [6.07, 6.45) is 3.16. The highest BCUT2D eigenvalue weighted by molar-refractivity contribution is 5.31. The SMILES string of the molecule is C=N/C(N)=C(/C)C(N)/C=C/ONCC. The van der Waals surface area contributed by atoms with Crippen molar-refractivity contribution < 1.29 is 4.84 Å². The maximum atomic E-state index is 5.76. The van der Waals surface area contributed by atoms with Gasteiger partial charge in [-0.15, -0.1) is 0 Å². The molecular formula is C9H18N4O. The van der Waals surface area contributed by atoms with E-state index >= 15 is 0 Å². The molecule has 0 aliphatic rings. The first-order chi connectivity index (χ1) is 6.63. The number of hydrogen-bond donors (Lipinski definition) is 3. The Morgan fingerprint density at radius 3 is 2.86 bits per heavy atom. The summed E-state index contributed by atoms with van der Waals surface area (Å²) in [5.74, 6) is 0.352. The highest BCUT2D eigenvalue weighted by Crippen LogP contribution is 2.04. The Morgan fingerprint density at radius 2 is 2.36 bits per heavy atom. The van der Waals surface area contributed by atoms with E-state index in [1.165, 1.54) is 6.26 Å². The fraction of sp³-hybridized carbons (Fsp3) is 0.444. The predicted octanol–water partition coefficient (Wildman–Crippen LogP) is 0.259. The molecule has 0 heterocycles. The average molecular weight is 198 g/mol. The molecule has 0 amide bonds. The second-order valence-electron chi connectivity index (χ2n) is 2.70. The average Bonchev–Trinajstić information content (AvgIpc) is 2.21. The fourth-order valence-corrected chi connectivity index (χ4v) is 0.695. The van der Waals surface area contributed by atoms with E-state index < -0.39 is 0 Å². The minimum atomic E-state index is -0.306. The molecule has 5 N–H and O–H groups in total. The first kappa shape index (κ1) is 12.7. The van der Waals surface area contributed by atoms with Gasteiger partial charge >= 0.3 is 0 Å². The third kappa shape index (κ3) is 4.64. The molecule has 0 aromatic carbocycles. The summed E-state index contributed by atoms with van der Waals surface area (Å²) >= 11 is 0. The van der Waals surface area contributed by atoms with E-state index in [1.807, 2.05) is 6.92 Å². The van der Waals surface area contributed by atoms with E-state index in [2.05, 4.69) is 17.2 Å². The molecule has 0 aromatic rings. The third-order valence-corrected chi connectivity index (χ3v) is 1.66. The zero-order chi connectivity index (χ0) is 11.0. The predicted molar refractivity (Wildman–Crippen MR) is 58.3 cm³/mol. The van der Waals surface area contributed by atoms with Gasteiger partial charge in [0.05, 0.1) is 6.04 Å². The molecule has 80 valence electrons. The van der Waals surface area contributed by atoms with Crippen LogP contribution in [0.25, 0.3) is 0 Å². The normalized spacial score (nSPS) is 15.1. The monoisotopic (exact) mass is 198 g/mol. The van der Waals surface area contributed by atoms with Gasteiger partial charge in [-0.25, -0.2) is 4.99 Å². The molecule has 0 spiro atoms. The van der Waals surface area contributed by atoms with Gasteiger partial charge in [0.25, 0.3) is 0 Å². The maximum absolute atomic E-state index is 5.76. The number of nitrogens with zero attached hydrogens (tertiary/aromatic N) is 1. The first-order valence-corrected chi connectivity index (χ1v) is 4.37. The zero-order valence-electron chi connectivity index (χ0n) is 8.66. The molecule has 0 fully saturated rings. The Hall–Kier alpha value is -1.33. The molecule has 0 aliphatic heterocycles. The van der Waals surface area contributed by atoms with Gasteiger partial charge in [0.15, 0.2) is 0 Å². The quantitative estimate of drug-likeness (QED) is 0.247. The molecule has 0 rings (SSSR count). The van der Waals surface area contributed by atoms with Gasteiger partial charge in [0, 0.05) is 6.54 Å². The lowest BCUT2D eigenvalue weighted by Gasteiger charge is -2.08. The Bertz CT molecular complexity index is 235. The van der Waals surface area contributed by atoms with Gasteiger partial charge < -0.3 is 16.3 Å². The van der Waals surface area contributed by atoms with E-state index in [1.54, 1.807) is 13.0 Å². The van der Waals surface area contributed by atoms with Crippen LogP contribution in [0, 0.1) is 0 Å². The van der Waals surface area contributed by atoms with Crippen molar-refractivity contribution in [2.45, 2.75) is 19.9 Å². The lowest BCUT2D eigenvalue weighted by molar-refractivity contribution is 0.139. The summed E-state index contributed by atoms with van der Waals surface area (Å²) in [4.78, 5) is 8.49. The first-order valence-electron chi connectivity index (χ1n) is 4.37. The van der Waals surface area contributed by atoms with Gasteiger partial charge in [-0.1, -0.05) is 0 Å². The van der Waals surface area contributed by atoms with Crippen LogP contribution < -0.4 is 16.9 Å². The van der Waals surface area contributed by atoms with Crippen molar-refractivity contribution in [2.24, 2.45) is 16.5 Å². The van der Waals surface area contributed by atoms with E-state index in [4.69, 9.17) is 16.3 Å². The Morgan fingerprint density at radius 1 is 1.71 bits per heavy atom. The minimum absolute atomic E-state index is 0.306. The second kappa shape index (κ2) is 7.11. The van der Waals surface area contributed by atoms with Crippen LogP contribution in [0.1, 0.15) is 13.8 Å². The lowest BCUT2D eigenvalue weighted by atomic mass is 10.1. The summed E-state index contributed by atoms with van der Waals surface area (Å²) in [6.45, 7) is 7.77. The van der Waals surface area contributed by atoms with Crippen LogP contribution in [0.5, 0.6) is 0 Å². The maximum Gasteiger partial charge on any atom is 0.123 e. The van der Waals surface area contributed by atoms with Crippen molar-refractivity contribution in [1.29, 1.82) is 0 Å². The molecule has 5 nitrogen and oxygen atoms in total. The van der Waals surface area contributed by atoms with E-state index in [0.717, 1.165) is 12.1 Å². The van der Waals surface area contributed by atoms with Crippen molar-refractivity contribution >= 4 is 6.72 Å². The van der Waals surface area contributed by atoms with Crippen LogP contribution in [0.3, 0.4) is 0 Å². The largest absolute Gasteiger partial charge is 0.417 e. The molecule has 0 saturated carbocycles. The van der Waals surface area contributed by atoms with Gasteiger partial charge in [-0.3, -0.25) is 0 Å². The van der Waals surface area contributed by atoms with Crippen LogP contribution in [-0.4, -0.2) is 19.3 Å². The Labute approximate surface area is 84.5 Å². The molecule has 0 aliphatic carbocycles. The molecule has 14 heavy (non-hydrogen) atoms. The van der Waals surface area contributed by atoms with Gasteiger partial charge in [0.2, 0.25) is 0 Å². The van der Waals surface area contributed by atoms with Crippen molar-refractivity contribution in [3.8, 4) is 0 Å². The summed E-state index contributed by atoms with van der Waals surface area (Å²) in [5, 5.41) is 0. The summed E-state index contributed by atoms with van der Waals surface area (Å²) in [6, 6.07) is -0.306.